The molecule has 3 heterocycles. The summed E-state index contributed by atoms with van der Waals surface area (Å²) in [6.45, 7) is 1.43. The van der Waals surface area contributed by atoms with E-state index in [1.165, 1.54) is 15.9 Å². The molecule has 0 aliphatic carbocycles. The van der Waals surface area contributed by atoms with Gasteiger partial charge in [-0.15, -0.1) is 11.3 Å². The molecule has 2 aromatic carbocycles. The number of rotatable bonds is 8. The summed E-state index contributed by atoms with van der Waals surface area (Å²) in [5.41, 5.74) is 2.73. The third-order valence-corrected chi connectivity index (χ3v) is 7.88. The Kier molecular flexibility index (Phi) is 7.14. The summed E-state index contributed by atoms with van der Waals surface area (Å²) in [5, 5.41) is 0.599. The molecule has 39 heavy (non-hydrogen) atoms. The first kappa shape index (κ1) is 27.1. The van der Waals surface area contributed by atoms with Gasteiger partial charge in [0.25, 0.3) is 5.56 Å². The van der Waals surface area contributed by atoms with Gasteiger partial charge in [0.15, 0.2) is 0 Å². The second kappa shape index (κ2) is 10.3. The number of thiophene rings is 1. The second-order valence-corrected chi connectivity index (χ2v) is 12.7. The van der Waals surface area contributed by atoms with Crippen LogP contribution in [0.2, 0.25) is 5.02 Å². The standard InChI is InChI=1S/C26H27ClN6O4S2/c1-30(2)12-13-32-21-14-18(10-11-19(21)28-25(32)31(3)4)33-24(34)23-20(29-26(33)37-39(5,35)36)15-22(38-23)16-6-8-17(27)9-7-16/h6-11,14-15H,12-13H2,1-5H3. The van der Waals surface area contributed by atoms with Crippen molar-refractivity contribution in [1.29, 1.82) is 0 Å². The topological polar surface area (TPSA) is 103 Å². The lowest BCUT2D eigenvalue weighted by molar-refractivity contribution is 0.387. The van der Waals surface area contributed by atoms with Crippen LogP contribution in [0.25, 0.3) is 37.4 Å². The molecule has 0 spiro atoms. The first-order valence-corrected chi connectivity index (χ1v) is 15.0. The molecule has 3 aromatic heterocycles. The maximum Gasteiger partial charge on any atom is 0.321 e. The number of likely N-dealkylation sites (N-methyl/N-ethyl adjacent to an activating group) is 1. The molecule has 5 rings (SSSR count). The molecule has 10 nitrogen and oxygen atoms in total. The minimum absolute atomic E-state index is 0.331. The zero-order valence-corrected chi connectivity index (χ0v) is 24.4. The molecule has 0 N–H and O–H groups in total. The molecular weight excluding hydrogens is 560 g/mol. The smallest absolute Gasteiger partial charge is 0.321 e. The highest BCUT2D eigenvalue weighted by Gasteiger charge is 2.22. The van der Waals surface area contributed by atoms with Crippen molar-refractivity contribution < 1.29 is 12.6 Å². The second-order valence-electron chi connectivity index (χ2n) is 9.59. The lowest BCUT2D eigenvalue weighted by Gasteiger charge is -2.17. The van der Waals surface area contributed by atoms with Crippen LogP contribution in [0.3, 0.4) is 0 Å². The van der Waals surface area contributed by atoms with Crippen molar-refractivity contribution in [3.8, 4) is 22.1 Å². The highest BCUT2D eigenvalue weighted by molar-refractivity contribution is 7.86. The predicted molar refractivity (Wildman–Crippen MR) is 157 cm³/mol. The Labute approximate surface area is 234 Å². The van der Waals surface area contributed by atoms with Gasteiger partial charge in [0.05, 0.1) is 28.5 Å². The van der Waals surface area contributed by atoms with Crippen LogP contribution >= 0.6 is 22.9 Å². The third kappa shape index (κ3) is 5.50. The Morgan fingerprint density at radius 3 is 2.36 bits per heavy atom. The van der Waals surface area contributed by atoms with Gasteiger partial charge in [-0.3, -0.25) is 4.79 Å². The van der Waals surface area contributed by atoms with E-state index in [4.69, 9.17) is 20.8 Å². The van der Waals surface area contributed by atoms with Crippen LogP contribution in [0.15, 0.2) is 53.3 Å². The van der Waals surface area contributed by atoms with Crippen molar-refractivity contribution in [2.75, 3.05) is 45.9 Å². The minimum Gasteiger partial charge on any atom is -0.348 e. The van der Waals surface area contributed by atoms with E-state index in [1.807, 2.05) is 51.3 Å². The van der Waals surface area contributed by atoms with E-state index in [0.717, 1.165) is 40.2 Å². The Morgan fingerprint density at radius 2 is 1.72 bits per heavy atom. The van der Waals surface area contributed by atoms with Crippen LogP contribution in [0.4, 0.5) is 5.95 Å². The van der Waals surface area contributed by atoms with Crippen molar-refractivity contribution in [2.24, 2.45) is 0 Å². The van der Waals surface area contributed by atoms with Crippen molar-refractivity contribution in [3.05, 3.63) is 63.9 Å². The molecule has 0 bridgehead atoms. The third-order valence-electron chi connectivity index (χ3n) is 6.01. The fraction of sp³-hybridized carbons (Fsp3) is 0.269. The van der Waals surface area contributed by atoms with Gasteiger partial charge in [-0.05, 0) is 56.1 Å². The monoisotopic (exact) mass is 586 g/mol. The first-order valence-electron chi connectivity index (χ1n) is 12.0. The number of benzene rings is 2. The van der Waals surface area contributed by atoms with E-state index in [-0.39, 0.29) is 6.01 Å². The van der Waals surface area contributed by atoms with Crippen molar-refractivity contribution >= 4 is 60.3 Å². The van der Waals surface area contributed by atoms with Crippen molar-refractivity contribution in [3.63, 3.8) is 0 Å². The molecule has 204 valence electrons. The van der Waals surface area contributed by atoms with Crippen LogP contribution in [0, 0.1) is 0 Å². The average molecular weight is 587 g/mol. The van der Waals surface area contributed by atoms with Crippen LogP contribution in [-0.4, -0.2) is 73.4 Å². The summed E-state index contributed by atoms with van der Waals surface area (Å²) in [4.78, 5) is 27.9. The maximum absolute atomic E-state index is 13.9. The highest BCUT2D eigenvalue weighted by atomic mass is 35.5. The predicted octanol–water partition coefficient (Wildman–Crippen LogP) is 4.08. The number of hydrogen-bond acceptors (Lipinski definition) is 9. The molecule has 0 saturated carbocycles. The van der Waals surface area contributed by atoms with Gasteiger partial charge in [-0.2, -0.15) is 13.4 Å². The van der Waals surface area contributed by atoms with E-state index in [1.54, 1.807) is 30.3 Å². The molecule has 0 atom stereocenters. The van der Waals surface area contributed by atoms with E-state index < -0.39 is 15.7 Å². The quantitative estimate of drug-likeness (QED) is 0.251. The summed E-state index contributed by atoms with van der Waals surface area (Å²) in [6, 6.07) is 14.0. The van der Waals surface area contributed by atoms with Crippen LogP contribution in [-0.2, 0) is 16.7 Å². The summed E-state index contributed by atoms with van der Waals surface area (Å²) in [7, 11) is 3.85. The zero-order chi connectivity index (χ0) is 28.1. The molecule has 0 aliphatic rings. The van der Waals surface area contributed by atoms with Crippen LogP contribution in [0.1, 0.15) is 0 Å². The largest absolute Gasteiger partial charge is 0.348 e. The van der Waals surface area contributed by atoms with Crippen molar-refractivity contribution in [2.45, 2.75) is 6.54 Å². The lowest BCUT2D eigenvalue weighted by Crippen LogP contribution is -2.23. The number of aromatic nitrogens is 4. The molecule has 5 aromatic rings. The Morgan fingerprint density at radius 1 is 1.00 bits per heavy atom. The molecule has 0 unspecified atom stereocenters. The maximum atomic E-state index is 13.9. The number of hydrogen-bond donors (Lipinski definition) is 0. The van der Waals surface area contributed by atoms with Gasteiger partial charge in [-0.1, -0.05) is 23.7 Å². The Balaban J connectivity index is 1.73. The molecule has 0 saturated heterocycles. The number of fused-ring (bicyclic) bond motifs is 2. The van der Waals surface area contributed by atoms with Crippen LogP contribution < -0.4 is 14.6 Å². The van der Waals surface area contributed by atoms with E-state index >= 15 is 0 Å². The fourth-order valence-corrected chi connectivity index (χ4v) is 5.77. The lowest BCUT2D eigenvalue weighted by atomic mass is 10.2. The van der Waals surface area contributed by atoms with Gasteiger partial charge in [0.2, 0.25) is 5.95 Å². The Bertz CT molecular complexity index is 1860. The molecule has 0 amide bonds. The highest BCUT2D eigenvalue weighted by Crippen LogP contribution is 2.33. The SMILES string of the molecule is CN(C)CCn1c(N(C)C)nc2ccc(-n3c(OS(C)(=O)=O)nc4cc(-c5ccc(Cl)cc5)sc4c3=O)cc21. The van der Waals surface area contributed by atoms with Gasteiger partial charge in [0.1, 0.15) is 4.70 Å². The van der Waals surface area contributed by atoms with E-state index in [0.29, 0.717) is 27.5 Å². The van der Waals surface area contributed by atoms with Crippen molar-refractivity contribution in [1.82, 2.24) is 24.0 Å². The van der Waals surface area contributed by atoms with E-state index in [2.05, 4.69) is 14.5 Å². The number of halogens is 1. The fourth-order valence-electron chi connectivity index (χ4n) is 4.23. The number of nitrogens with zero attached hydrogens (tertiary/aromatic N) is 6. The number of imidazole rings is 1. The molecule has 0 fully saturated rings. The summed E-state index contributed by atoms with van der Waals surface area (Å²) < 4.78 is 33.2. The first-order chi connectivity index (χ1) is 18.4. The van der Waals surface area contributed by atoms with E-state index in [9.17, 15) is 13.2 Å². The molecule has 0 aliphatic heterocycles. The zero-order valence-electron chi connectivity index (χ0n) is 22.0. The summed E-state index contributed by atoms with van der Waals surface area (Å²) in [5.74, 6) is 0.767. The summed E-state index contributed by atoms with van der Waals surface area (Å²) >= 11 is 7.30. The Hall–Kier alpha value is -3.45. The van der Waals surface area contributed by atoms with Gasteiger partial charge < -0.3 is 18.6 Å². The normalized spacial score (nSPS) is 12.1. The van der Waals surface area contributed by atoms with Gasteiger partial charge in [-0.25, -0.2) is 9.55 Å². The molecule has 13 heteroatoms. The number of anilines is 1. The average Bonchev–Trinajstić information content (AvgIpc) is 3.44. The van der Waals surface area contributed by atoms with Gasteiger partial charge in [0, 0.05) is 37.1 Å². The molecule has 0 radical (unpaired) electrons. The summed E-state index contributed by atoms with van der Waals surface area (Å²) in [6.07, 6.45) is 0.920. The van der Waals surface area contributed by atoms with Crippen LogP contribution in [0.5, 0.6) is 6.01 Å². The van der Waals surface area contributed by atoms with Gasteiger partial charge >= 0.3 is 16.1 Å². The molecular formula is C26H27ClN6O4S2. The minimum atomic E-state index is -3.98.